The maximum absolute atomic E-state index is 13.8. The van der Waals surface area contributed by atoms with Gasteiger partial charge < -0.3 is 20.9 Å². The van der Waals surface area contributed by atoms with Gasteiger partial charge in [0.05, 0.1) is 34.6 Å². The van der Waals surface area contributed by atoms with Crippen molar-refractivity contribution in [3.05, 3.63) is 89.3 Å². The second-order valence-electron chi connectivity index (χ2n) is 10.2. The number of nitrogens with zero attached hydrogens (tertiary/aromatic N) is 3. The number of amides is 3. The SMILES string of the molecule is CN[C@@H](C)C(=O)N[C@@H](CNC(=O)c1ccc(S(=O)(=O)F)cc1)C(=O)N1CCCC1c1cncc(Cc2cccc(F)c2)n1. The molecule has 1 fully saturated rings. The van der Waals surface area contributed by atoms with Gasteiger partial charge in [-0.05, 0) is 68.8 Å². The van der Waals surface area contributed by atoms with Crippen LogP contribution in [0.3, 0.4) is 0 Å². The molecule has 11 nitrogen and oxygen atoms in total. The lowest BCUT2D eigenvalue weighted by Crippen LogP contribution is -2.56. The highest BCUT2D eigenvalue weighted by molar-refractivity contribution is 7.86. The van der Waals surface area contributed by atoms with E-state index in [4.69, 9.17) is 4.98 Å². The largest absolute Gasteiger partial charge is 0.349 e. The minimum atomic E-state index is -4.92. The zero-order valence-corrected chi connectivity index (χ0v) is 24.4. The van der Waals surface area contributed by atoms with Gasteiger partial charge in [-0.1, -0.05) is 12.1 Å². The predicted molar refractivity (Wildman–Crippen MR) is 152 cm³/mol. The van der Waals surface area contributed by atoms with E-state index in [-0.39, 0.29) is 17.9 Å². The molecule has 1 aliphatic heterocycles. The molecule has 0 radical (unpaired) electrons. The summed E-state index contributed by atoms with van der Waals surface area (Å²) in [5, 5.41) is 8.10. The standard InChI is InChI=1S/C29H32F2N6O5S/c1-18(32-2)27(38)36-25(17-34-28(39)20-8-10-23(11-9-20)43(31,41)42)29(40)37-12-4-7-26(37)24-16-33-15-22(35-24)14-19-5-3-6-21(30)13-19/h3,5-6,8-11,13,15-16,18,25-26,32H,4,7,12,14,17H2,1-2H3,(H,34,39)(H,36,38)/t18-,25-,26?/m0/s1. The van der Waals surface area contributed by atoms with E-state index in [0.29, 0.717) is 37.2 Å². The molecule has 2 aromatic carbocycles. The molecule has 0 bridgehead atoms. The van der Waals surface area contributed by atoms with Crippen molar-refractivity contribution in [2.24, 2.45) is 0 Å². The fourth-order valence-electron chi connectivity index (χ4n) is 4.76. The number of hydrogen-bond donors (Lipinski definition) is 3. The predicted octanol–water partition coefficient (Wildman–Crippen LogP) is 2.05. The number of carbonyl (C=O) groups is 3. The molecule has 0 spiro atoms. The van der Waals surface area contributed by atoms with E-state index in [9.17, 15) is 31.1 Å². The van der Waals surface area contributed by atoms with Crippen LogP contribution in [0, 0.1) is 5.82 Å². The van der Waals surface area contributed by atoms with Crippen LogP contribution >= 0.6 is 0 Å². The lowest BCUT2D eigenvalue weighted by atomic mass is 10.1. The molecule has 2 heterocycles. The molecule has 1 saturated heterocycles. The summed E-state index contributed by atoms with van der Waals surface area (Å²) >= 11 is 0. The van der Waals surface area contributed by atoms with Crippen molar-refractivity contribution in [3.8, 4) is 0 Å². The third kappa shape index (κ3) is 8.17. The Bertz CT molecular complexity index is 1590. The topological polar surface area (TPSA) is 150 Å². The smallest absolute Gasteiger partial charge is 0.332 e. The van der Waals surface area contributed by atoms with Crippen LogP contribution in [0.25, 0.3) is 0 Å². The minimum Gasteiger partial charge on any atom is -0.349 e. The molecule has 0 aliphatic carbocycles. The maximum Gasteiger partial charge on any atom is 0.332 e. The number of carbonyl (C=O) groups excluding carboxylic acids is 3. The second kappa shape index (κ2) is 13.8. The summed E-state index contributed by atoms with van der Waals surface area (Å²) in [5.41, 5.74) is 1.93. The first kappa shape index (κ1) is 31.6. The summed E-state index contributed by atoms with van der Waals surface area (Å²) in [7, 11) is -3.33. The molecule has 1 aliphatic rings. The summed E-state index contributed by atoms with van der Waals surface area (Å²) in [5.74, 6) is -1.90. The van der Waals surface area contributed by atoms with Gasteiger partial charge in [0, 0.05) is 31.3 Å². The molecule has 3 aromatic rings. The minimum absolute atomic E-state index is 0.0398. The molecular weight excluding hydrogens is 582 g/mol. The second-order valence-corrected chi connectivity index (χ2v) is 11.5. The average Bonchev–Trinajstić information content (AvgIpc) is 3.48. The molecule has 3 atom stereocenters. The molecule has 1 aromatic heterocycles. The van der Waals surface area contributed by atoms with Gasteiger partial charge in [0.15, 0.2) is 0 Å². The molecule has 1 unspecified atom stereocenters. The highest BCUT2D eigenvalue weighted by Crippen LogP contribution is 2.31. The monoisotopic (exact) mass is 614 g/mol. The quantitative estimate of drug-likeness (QED) is 0.278. The van der Waals surface area contributed by atoms with Gasteiger partial charge in [0.25, 0.3) is 5.91 Å². The number of rotatable bonds is 11. The molecule has 228 valence electrons. The third-order valence-electron chi connectivity index (χ3n) is 7.16. The Morgan fingerprint density at radius 3 is 2.53 bits per heavy atom. The Morgan fingerprint density at radius 1 is 1.12 bits per heavy atom. The number of likely N-dealkylation sites (tertiary alicyclic amines) is 1. The fraction of sp³-hybridized carbons (Fsp3) is 0.345. The van der Waals surface area contributed by atoms with Gasteiger partial charge >= 0.3 is 10.2 Å². The summed E-state index contributed by atoms with van der Waals surface area (Å²) in [4.78, 5) is 49.4. The Kier molecular flexibility index (Phi) is 10.1. The fourth-order valence-corrected chi connectivity index (χ4v) is 5.22. The highest BCUT2D eigenvalue weighted by Gasteiger charge is 2.36. The number of hydrogen-bond acceptors (Lipinski definition) is 8. The Morgan fingerprint density at radius 2 is 1.86 bits per heavy atom. The average molecular weight is 615 g/mol. The molecule has 4 rings (SSSR count). The number of nitrogens with one attached hydrogen (secondary N) is 3. The van der Waals surface area contributed by atoms with Crippen LogP contribution in [-0.2, 0) is 26.2 Å². The summed E-state index contributed by atoms with van der Waals surface area (Å²) in [6.45, 7) is 1.74. The number of likely N-dealkylation sites (N-methyl/N-ethyl adjacent to an activating group) is 1. The Labute approximate surface area is 248 Å². The number of halogens is 2. The van der Waals surface area contributed by atoms with E-state index >= 15 is 0 Å². The van der Waals surface area contributed by atoms with Gasteiger partial charge in [0.1, 0.15) is 11.9 Å². The first-order valence-corrected chi connectivity index (χ1v) is 15.0. The summed E-state index contributed by atoms with van der Waals surface area (Å²) < 4.78 is 49.0. The molecule has 0 saturated carbocycles. The van der Waals surface area contributed by atoms with E-state index in [0.717, 1.165) is 29.8 Å². The van der Waals surface area contributed by atoms with Gasteiger partial charge in [-0.15, -0.1) is 3.89 Å². The van der Waals surface area contributed by atoms with Crippen LogP contribution in [0.4, 0.5) is 8.28 Å². The zero-order valence-electron chi connectivity index (χ0n) is 23.6. The van der Waals surface area contributed by atoms with E-state index in [1.54, 1.807) is 43.4 Å². The van der Waals surface area contributed by atoms with Crippen LogP contribution in [0.15, 0.2) is 65.8 Å². The normalized spacial score (nSPS) is 16.4. The Hall–Kier alpha value is -4.30. The summed E-state index contributed by atoms with van der Waals surface area (Å²) in [6, 6.07) is 8.20. The lowest BCUT2D eigenvalue weighted by molar-refractivity contribution is -0.137. The lowest BCUT2D eigenvalue weighted by Gasteiger charge is -2.30. The maximum atomic E-state index is 13.8. The molecule has 3 amide bonds. The summed E-state index contributed by atoms with van der Waals surface area (Å²) in [6.07, 6.45) is 4.79. The van der Waals surface area contributed by atoms with Crippen molar-refractivity contribution < 1.29 is 31.1 Å². The molecular formula is C29H32F2N6O5S. The number of aromatic nitrogens is 2. The van der Waals surface area contributed by atoms with Gasteiger partial charge in [-0.25, -0.2) is 4.39 Å². The zero-order chi connectivity index (χ0) is 31.1. The van der Waals surface area contributed by atoms with Gasteiger partial charge in [-0.2, -0.15) is 8.42 Å². The van der Waals surface area contributed by atoms with Crippen molar-refractivity contribution in [1.29, 1.82) is 0 Å². The molecule has 14 heteroatoms. The Balaban J connectivity index is 1.51. The van der Waals surface area contributed by atoms with E-state index in [1.807, 2.05) is 0 Å². The van der Waals surface area contributed by atoms with Crippen LogP contribution in [0.1, 0.15) is 53.1 Å². The van der Waals surface area contributed by atoms with E-state index < -0.39 is 51.0 Å². The van der Waals surface area contributed by atoms with Gasteiger partial charge in [0.2, 0.25) is 11.8 Å². The third-order valence-corrected chi connectivity index (χ3v) is 8.00. The molecule has 3 N–H and O–H groups in total. The van der Waals surface area contributed by atoms with Crippen molar-refractivity contribution in [1.82, 2.24) is 30.8 Å². The van der Waals surface area contributed by atoms with Crippen LogP contribution < -0.4 is 16.0 Å². The van der Waals surface area contributed by atoms with Crippen molar-refractivity contribution >= 4 is 27.9 Å². The van der Waals surface area contributed by atoms with E-state index in [1.165, 1.54) is 12.1 Å². The highest BCUT2D eigenvalue weighted by atomic mass is 32.3. The number of benzene rings is 2. The first-order valence-electron chi connectivity index (χ1n) is 13.6. The first-order chi connectivity index (χ1) is 20.5. The van der Waals surface area contributed by atoms with Crippen LogP contribution in [0.2, 0.25) is 0 Å². The van der Waals surface area contributed by atoms with E-state index in [2.05, 4.69) is 20.9 Å². The van der Waals surface area contributed by atoms with Crippen molar-refractivity contribution in [2.45, 2.75) is 49.2 Å². The van der Waals surface area contributed by atoms with Gasteiger partial charge in [-0.3, -0.25) is 24.4 Å². The van der Waals surface area contributed by atoms with Crippen molar-refractivity contribution in [2.75, 3.05) is 20.1 Å². The van der Waals surface area contributed by atoms with Crippen molar-refractivity contribution in [3.63, 3.8) is 0 Å². The molecule has 43 heavy (non-hydrogen) atoms. The van der Waals surface area contributed by atoms with Crippen LogP contribution in [-0.4, -0.2) is 73.2 Å². The van der Waals surface area contributed by atoms with Crippen LogP contribution in [0.5, 0.6) is 0 Å².